The number of amides is 1. The number of carbonyl (C=O) groups is 1. The molecule has 0 aromatic heterocycles. The topological polar surface area (TPSA) is 49.6 Å². The fourth-order valence-electron chi connectivity index (χ4n) is 3.67. The van der Waals surface area contributed by atoms with E-state index in [-0.39, 0.29) is 6.04 Å². The number of hydrogen-bond acceptors (Lipinski definition) is 3. The summed E-state index contributed by atoms with van der Waals surface area (Å²) in [6, 6.07) is 10.8. The van der Waals surface area contributed by atoms with Crippen molar-refractivity contribution in [1.29, 1.82) is 0 Å². The average Bonchev–Trinajstić information content (AvgIpc) is 2.94. The minimum atomic E-state index is 0.239. The molecule has 0 bridgehead atoms. The molecule has 1 amide bonds. The minimum absolute atomic E-state index is 0.239. The zero-order valence-electron chi connectivity index (χ0n) is 13.3. The van der Waals surface area contributed by atoms with Crippen LogP contribution >= 0.6 is 0 Å². The molecular formula is C18H27N3O. The molecular weight excluding hydrogens is 274 g/mol. The summed E-state index contributed by atoms with van der Waals surface area (Å²) in [5.74, 6) is 0.719. The van der Waals surface area contributed by atoms with Gasteiger partial charge in [0.25, 0.3) is 0 Å². The maximum absolute atomic E-state index is 12.4. The van der Waals surface area contributed by atoms with Gasteiger partial charge in [-0.3, -0.25) is 9.69 Å². The Labute approximate surface area is 133 Å². The second-order valence-corrected chi connectivity index (χ2v) is 6.70. The van der Waals surface area contributed by atoms with Crippen LogP contribution in [-0.2, 0) is 11.3 Å². The van der Waals surface area contributed by atoms with Crippen molar-refractivity contribution in [2.75, 3.05) is 26.2 Å². The van der Waals surface area contributed by atoms with Crippen LogP contribution in [0, 0.1) is 5.92 Å². The molecule has 1 saturated carbocycles. The smallest absolute Gasteiger partial charge is 0.222 e. The number of carbonyl (C=O) groups excluding carboxylic acids is 1. The van der Waals surface area contributed by atoms with Gasteiger partial charge in [0.1, 0.15) is 0 Å². The summed E-state index contributed by atoms with van der Waals surface area (Å²) >= 11 is 0. The van der Waals surface area contributed by atoms with Gasteiger partial charge in [-0.25, -0.2) is 0 Å². The molecule has 1 saturated heterocycles. The molecule has 2 atom stereocenters. The molecule has 1 aliphatic carbocycles. The third kappa shape index (κ3) is 3.87. The Morgan fingerprint density at radius 3 is 2.45 bits per heavy atom. The van der Waals surface area contributed by atoms with Crippen LogP contribution in [0.3, 0.4) is 0 Å². The van der Waals surface area contributed by atoms with Gasteiger partial charge in [0.05, 0.1) is 0 Å². The van der Waals surface area contributed by atoms with E-state index in [2.05, 4.69) is 29.2 Å². The lowest BCUT2D eigenvalue weighted by molar-refractivity contribution is -0.134. The number of rotatable bonds is 4. The van der Waals surface area contributed by atoms with Crippen LogP contribution in [0.15, 0.2) is 30.3 Å². The first-order valence-electron chi connectivity index (χ1n) is 8.52. The number of nitrogens with zero attached hydrogens (tertiary/aromatic N) is 2. The Morgan fingerprint density at radius 2 is 1.82 bits per heavy atom. The molecule has 4 nitrogen and oxygen atoms in total. The summed E-state index contributed by atoms with van der Waals surface area (Å²) in [5, 5.41) is 0. The van der Waals surface area contributed by atoms with E-state index in [1.54, 1.807) is 0 Å². The lowest BCUT2D eigenvalue weighted by Gasteiger charge is -2.35. The van der Waals surface area contributed by atoms with E-state index >= 15 is 0 Å². The lowest BCUT2D eigenvalue weighted by atomic mass is 9.99. The second kappa shape index (κ2) is 7.25. The molecule has 0 spiro atoms. The first-order chi connectivity index (χ1) is 10.7. The van der Waals surface area contributed by atoms with Gasteiger partial charge >= 0.3 is 0 Å². The van der Waals surface area contributed by atoms with Crippen LogP contribution in [0.1, 0.15) is 31.2 Å². The minimum Gasteiger partial charge on any atom is -0.340 e. The largest absolute Gasteiger partial charge is 0.340 e. The lowest BCUT2D eigenvalue weighted by Crippen LogP contribution is -2.49. The van der Waals surface area contributed by atoms with Gasteiger partial charge in [-0.2, -0.15) is 0 Å². The molecule has 120 valence electrons. The van der Waals surface area contributed by atoms with Crippen molar-refractivity contribution in [1.82, 2.24) is 9.80 Å². The highest BCUT2D eigenvalue weighted by Crippen LogP contribution is 2.27. The van der Waals surface area contributed by atoms with Crippen molar-refractivity contribution in [3.8, 4) is 0 Å². The van der Waals surface area contributed by atoms with E-state index in [1.807, 2.05) is 11.0 Å². The van der Waals surface area contributed by atoms with Gasteiger partial charge in [-0.1, -0.05) is 36.8 Å². The Hall–Kier alpha value is -1.39. The summed E-state index contributed by atoms with van der Waals surface area (Å²) in [6.45, 7) is 4.63. The normalized spacial score (nSPS) is 26.3. The monoisotopic (exact) mass is 301 g/mol. The van der Waals surface area contributed by atoms with Gasteiger partial charge in [0, 0.05) is 45.2 Å². The molecule has 4 heteroatoms. The van der Waals surface area contributed by atoms with Crippen LogP contribution in [0.4, 0.5) is 0 Å². The van der Waals surface area contributed by atoms with Crippen molar-refractivity contribution in [3.05, 3.63) is 35.9 Å². The maximum Gasteiger partial charge on any atom is 0.222 e. The highest BCUT2D eigenvalue weighted by molar-refractivity contribution is 5.76. The standard InChI is InChI=1S/C18H27N3O/c19-17-8-4-7-16(17)13-18(22)21-11-9-20(10-12-21)14-15-5-2-1-3-6-15/h1-3,5-6,16-17H,4,7-14,19H2/t16-,17+/m0/s1. The van der Waals surface area contributed by atoms with E-state index in [0.717, 1.165) is 45.6 Å². The summed E-state index contributed by atoms with van der Waals surface area (Å²) in [7, 11) is 0. The van der Waals surface area contributed by atoms with Gasteiger partial charge in [-0.05, 0) is 24.3 Å². The number of piperazine rings is 1. The summed E-state index contributed by atoms with van der Waals surface area (Å²) in [6.07, 6.45) is 4.05. The third-order valence-electron chi connectivity index (χ3n) is 5.13. The van der Waals surface area contributed by atoms with Crippen LogP contribution in [0.25, 0.3) is 0 Å². The number of benzene rings is 1. The van der Waals surface area contributed by atoms with E-state index in [0.29, 0.717) is 18.2 Å². The molecule has 2 N–H and O–H groups in total. The molecule has 0 unspecified atom stereocenters. The highest BCUT2D eigenvalue weighted by atomic mass is 16.2. The van der Waals surface area contributed by atoms with Crippen LogP contribution < -0.4 is 5.73 Å². The van der Waals surface area contributed by atoms with Crippen molar-refractivity contribution >= 4 is 5.91 Å². The predicted molar refractivity (Wildman–Crippen MR) is 88.2 cm³/mol. The zero-order chi connectivity index (χ0) is 15.4. The van der Waals surface area contributed by atoms with E-state index in [1.165, 1.54) is 12.0 Å². The Bertz CT molecular complexity index is 482. The van der Waals surface area contributed by atoms with Gasteiger partial charge in [0.2, 0.25) is 5.91 Å². The SMILES string of the molecule is N[C@@H]1CCC[C@H]1CC(=O)N1CCN(Cc2ccccc2)CC1. The zero-order valence-corrected chi connectivity index (χ0v) is 13.3. The summed E-state index contributed by atoms with van der Waals surface area (Å²) in [5.41, 5.74) is 7.43. The molecule has 0 radical (unpaired) electrons. The molecule has 3 rings (SSSR count). The Balaban J connectivity index is 1.44. The van der Waals surface area contributed by atoms with Crippen molar-refractivity contribution in [3.63, 3.8) is 0 Å². The van der Waals surface area contributed by atoms with E-state index in [9.17, 15) is 4.79 Å². The van der Waals surface area contributed by atoms with E-state index < -0.39 is 0 Å². The quantitative estimate of drug-likeness (QED) is 0.923. The summed E-state index contributed by atoms with van der Waals surface area (Å²) in [4.78, 5) is 16.9. The molecule has 2 aliphatic rings. The first kappa shape index (κ1) is 15.5. The van der Waals surface area contributed by atoms with Crippen molar-refractivity contribution in [2.45, 2.75) is 38.3 Å². The van der Waals surface area contributed by atoms with Crippen molar-refractivity contribution in [2.24, 2.45) is 11.7 Å². The predicted octanol–water partition coefficient (Wildman–Crippen LogP) is 1.85. The van der Waals surface area contributed by atoms with Crippen molar-refractivity contribution < 1.29 is 4.79 Å². The molecule has 1 aromatic rings. The first-order valence-corrected chi connectivity index (χ1v) is 8.52. The second-order valence-electron chi connectivity index (χ2n) is 6.70. The third-order valence-corrected chi connectivity index (χ3v) is 5.13. The van der Waals surface area contributed by atoms with Gasteiger partial charge in [0.15, 0.2) is 0 Å². The van der Waals surface area contributed by atoms with Gasteiger partial charge in [-0.15, -0.1) is 0 Å². The van der Waals surface area contributed by atoms with Crippen LogP contribution in [0.2, 0.25) is 0 Å². The van der Waals surface area contributed by atoms with Gasteiger partial charge < -0.3 is 10.6 Å². The Morgan fingerprint density at radius 1 is 1.09 bits per heavy atom. The molecule has 1 aromatic carbocycles. The van der Waals surface area contributed by atoms with E-state index in [4.69, 9.17) is 5.73 Å². The molecule has 22 heavy (non-hydrogen) atoms. The fraction of sp³-hybridized carbons (Fsp3) is 0.611. The number of hydrogen-bond donors (Lipinski definition) is 1. The van der Waals surface area contributed by atoms with Crippen LogP contribution in [0.5, 0.6) is 0 Å². The molecule has 1 aliphatic heterocycles. The fourth-order valence-corrected chi connectivity index (χ4v) is 3.67. The highest BCUT2D eigenvalue weighted by Gasteiger charge is 2.29. The molecule has 2 fully saturated rings. The maximum atomic E-state index is 12.4. The summed E-state index contributed by atoms with van der Waals surface area (Å²) < 4.78 is 0. The number of nitrogens with two attached hydrogens (primary N) is 1. The average molecular weight is 301 g/mol. The Kier molecular flexibility index (Phi) is 5.11. The molecule has 1 heterocycles. The van der Waals surface area contributed by atoms with Crippen LogP contribution in [-0.4, -0.2) is 47.9 Å².